The van der Waals surface area contributed by atoms with Crippen LogP contribution in [-0.4, -0.2) is 36.1 Å². The Morgan fingerprint density at radius 1 is 1.12 bits per heavy atom. The van der Waals surface area contributed by atoms with E-state index >= 15 is 0 Å². The maximum absolute atomic E-state index is 12.8. The van der Waals surface area contributed by atoms with Crippen molar-refractivity contribution < 1.29 is 9.59 Å². The van der Waals surface area contributed by atoms with Gasteiger partial charge in [-0.2, -0.15) is 11.8 Å². The van der Waals surface area contributed by atoms with Crippen molar-refractivity contribution in [1.82, 2.24) is 4.90 Å². The van der Waals surface area contributed by atoms with E-state index in [9.17, 15) is 9.59 Å². The standard InChI is InChI=1S/C21H24N2O2S/c1-26-15-16-9-11-17(12-10-16)21(25)23-13-5-6-18(14-23)20(24)22-19-7-3-2-4-8-19/h2-4,7-12,18H,5-6,13-15H2,1H3,(H,22,24)/t18-/m0/s1. The van der Waals surface area contributed by atoms with Gasteiger partial charge in [-0.05, 0) is 48.9 Å². The van der Waals surface area contributed by atoms with Crippen LogP contribution >= 0.6 is 11.8 Å². The zero-order valence-corrected chi connectivity index (χ0v) is 15.8. The van der Waals surface area contributed by atoms with Crippen molar-refractivity contribution in [3.05, 3.63) is 65.7 Å². The highest BCUT2D eigenvalue weighted by Gasteiger charge is 2.29. The van der Waals surface area contributed by atoms with Crippen LogP contribution in [0.4, 0.5) is 5.69 Å². The minimum atomic E-state index is -0.163. The summed E-state index contributed by atoms with van der Waals surface area (Å²) >= 11 is 1.76. The molecular formula is C21H24N2O2S. The van der Waals surface area contributed by atoms with Crippen LogP contribution in [0, 0.1) is 5.92 Å². The van der Waals surface area contributed by atoms with Gasteiger partial charge in [-0.1, -0.05) is 30.3 Å². The molecule has 0 saturated carbocycles. The number of para-hydroxylation sites is 1. The molecule has 1 N–H and O–H groups in total. The van der Waals surface area contributed by atoms with Gasteiger partial charge in [0.25, 0.3) is 5.91 Å². The number of carbonyl (C=O) groups excluding carboxylic acids is 2. The average Bonchev–Trinajstić information content (AvgIpc) is 2.69. The number of likely N-dealkylation sites (tertiary alicyclic amines) is 1. The quantitative estimate of drug-likeness (QED) is 0.866. The van der Waals surface area contributed by atoms with Crippen LogP contribution in [-0.2, 0) is 10.5 Å². The monoisotopic (exact) mass is 368 g/mol. The van der Waals surface area contributed by atoms with Gasteiger partial charge in [-0.15, -0.1) is 0 Å². The predicted octanol–water partition coefficient (Wildman–Crippen LogP) is 4.04. The van der Waals surface area contributed by atoms with E-state index in [2.05, 4.69) is 11.6 Å². The maximum atomic E-state index is 12.8. The average molecular weight is 369 g/mol. The number of hydrogen-bond acceptors (Lipinski definition) is 3. The summed E-state index contributed by atoms with van der Waals surface area (Å²) in [4.78, 5) is 27.1. The molecule has 2 aromatic rings. The molecule has 0 bridgehead atoms. The molecule has 0 spiro atoms. The first-order valence-electron chi connectivity index (χ1n) is 8.90. The Balaban J connectivity index is 1.62. The van der Waals surface area contributed by atoms with E-state index in [0.717, 1.165) is 24.3 Å². The summed E-state index contributed by atoms with van der Waals surface area (Å²) in [5, 5.41) is 2.95. The highest BCUT2D eigenvalue weighted by atomic mass is 32.2. The number of nitrogens with one attached hydrogen (secondary N) is 1. The number of carbonyl (C=O) groups is 2. The normalized spacial score (nSPS) is 17.0. The van der Waals surface area contributed by atoms with Crippen molar-refractivity contribution in [2.75, 3.05) is 24.7 Å². The molecule has 0 radical (unpaired) electrons. The van der Waals surface area contributed by atoms with E-state index in [4.69, 9.17) is 0 Å². The summed E-state index contributed by atoms with van der Waals surface area (Å²) in [6.45, 7) is 1.19. The molecule has 26 heavy (non-hydrogen) atoms. The molecule has 2 aromatic carbocycles. The molecule has 2 amide bonds. The molecule has 0 aromatic heterocycles. The third-order valence-corrected chi connectivity index (χ3v) is 5.25. The lowest BCUT2D eigenvalue weighted by molar-refractivity contribution is -0.121. The zero-order valence-electron chi connectivity index (χ0n) is 15.0. The van der Waals surface area contributed by atoms with Gasteiger partial charge in [0.2, 0.25) is 5.91 Å². The second kappa shape index (κ2) is 8.90. The first-order valence-corrected chi connectivity index (χ1v) is 10.3. The van der Waals surface area contributed by atoms with Crippen molar-refractivity contribution in [2.45, 2.75) is 18.6 Å². The Morgan fingerprint density at radius 3 is 2.54 bits per heavy atom. The van der Waals surface area contributed by atoms with Gasteiger partial charge in [-0.25, -0.2) is 0 Å². The van der Waals surface area contributed by atoms with Crippen LogP contribution < -0.4 is 5.32 Å². The number of rotatable bonds is 5. The summed E-state index contributed by atoms with van der Waals surface area (Å²) in [6.07, 6.45) is 3.73. The summed E-state index contributed by atoms with van der Waals surface area (Å²) in [5.74, 6) is 0.783. The van der Waals surface area contributed by atoms with E-state index < -0.39 is 0 Å². The molecular weight excluding hydrogens is 344 g/mol. The SMILES string of the molecule is CSCc1ccc(C(=O)N2CCC[C@H](C(=O)Nc3ccccc3)C2)cc1. The van der Waals surface area contributed by atoms with Crippen LogP contribution in [0.1, 0.15) is 28.8 Å². The largest absolute Gasteiger partial charge is 0.338 e. The first kappa shape index (κ1) is 18.5. The third-order valence-electron chi connectivity index (χ3n) is 4.63. The van der Waals surface area contributed by atoms with Gasteiger partial charge < -0.3 is 10.2 Å². The summed E-state index contributed by atoms with van der Waals surface area (Å²) in [6, 6.07) is 17.3. The molecule has 3 rings (SSSR count). The maximum Gasteiger partial charge on any atom is 0.253 e. The van der Waals surface area contributed by atoms with Crippen molar-refractivity contribution in [3.8, 4) is 0 Å². The fourth-order valence-electron chi connectivity index (χ4n) is 3.23. The lowest BCUT2D eigenvalue weighted by atomic mass is 9.96. The first-order chi connectivity index (χ1) is 12.7. The van der Waals surface area contributed by atoms with Crippen LogP contribution in [0.2, 0.25) is 0 Å². The van der Waals surface area contributed by atoms with E-state index in [1.54, 1.807) is 11.8 Å². The van der Waals surface area contributed by atoms with Crippen molar-refractivity contribution in [3.63, 3.8) is 0 Å². The zero-order chi connectivity index (χ0) is 18.4. The van der Waals surface area contributed by atoms with Crippen molar-refractivity contribution in [1.29, 1.82) is 0 Å². The Morgan fingerprint density at radius 2 is 1.85 bits per heavy atom. The highest BCUT2D eigenvalue weighted by Crippen LogP contribution is 2.21. The van der Waals surface area contributed by atoms with E-state index in [1.807, 2.05) is 59.5 Å². The Bertz CT molecular complexity index is 746. The fourth-order valence-corrected chi connectivity index (χ4v) is 3.76. The molecule has 1 fully saturated rings. The molecule has 1 heterocycles. The van der Waals surface area contributed by atoms with Gasteiger partial charge in [0.05, 0.1) is 5.92 Å². The predicted molar refractivity (Wildman–Crippen MR) is 107 cm³/mol. The molecule has 5 heteroatoms. The Labute approximate surface area is 159 Å². The van der Waals surface area contributed by atoms with Gasteiger partial charge in [-0.3, -0.25) is 9.59 Å². The van der Waals surface area contributed by atoms with Crippen LogP contribution in [0.25, 0.3) is 0 Å². The van der Waals surface area contributed by atoms with Crippen molar-refractivity contribution in [2.24, 2.45) is 5.92 Å². The lowest BCUT2D eigenvalue weighted by Crippen LogP contribution is -2.43. The second-order valence-corrected chi connectivity index (χ2v) is 7.44. The minimum absolute atomic E-state index is 0.0102. The van der Waals surface area contributed by atoms with Gasteiger partial charge in [0.15, 0.2) is 0 Å². The van der Waals surface area contributed by atoms with Crippen molar-refractivity contribution >= 4 is 29.3 Å². The molecule has 0 unspecified atom stereocenters. The van der Waals surface area contributed by atoms with Gasteiger partial charge >= 0.3 is 0 Å². The summed E-state index contributed by atoms with van der Waals surface area (Å²) < 4.78 is 0. The molecule has 0 aliphatic carbocycles. The van der Waals surface area contributed by atoms with Crippen LogP contribution in [0.15, 0.2) is 54.6 Å². The van der Waals surface area contributed by atoms with E-state index in [1.165, 1.54) is 5.56 Å². The molecule has 136 valence electrons. The lowest BCUT2D eigenvalue weighted by Gasteiger charge is -2.32. The fraction of sp³-hybridized carbons (Fsp3) is 0.333. The molecule has 1 atom stereocenters. The van der Waals surface area contributed by atoms with Crippen LogP contribution in [0.5, 0.6) is 0 Å². The molecule has 1 saturated heterocycles. The smallest absolute Gasteiger partial charge is 0.253 e. The number of amides is 2. The minimum Gasteiger partial charge on any atom is -0.338 e. The van der Waals surface area contributed by atoms with E-state index in [-0.39, 0.29) is 17.7 Å². The summed E-state index contributed by atoms with van der Waals surface area (Å²) in [7, 11) is 0. The van der Waals surface area contributed by atoms with E-state index in [0.29, 0.717) is 18.7 Å². The Kier molecular flexibility index (Phi) is 6.34. The number of hydrogen-bond donors (Lipinski definition) is 1. The Hall–Kier alpha value is -2.27. The van der Waals surface area contributed by atoms with Gasteiger partial charge in [0.1, 0.15) is 0 Å². The number of thioether (sulfide) groups is 1. The molecule has 1 aliphatic rings. The number of piperidine rings is 1. The third kappa shape index (κ3) is 4.67. The number of anilines is 1. The second-order valence-electron chi connectivity index (χ2n) is 6.58. The van der Waals surface area contributed by atoms with Gasteiger partial charge in [0, 0.05) is 30.1 Å². The highest BCUT2D eigenvalue weighted by molar-refractivity contribution is 7.97. The number of benzene rings is 2. The molecule has 1 aliphatic heterocycles. The molecule has 4 nitrogen and oxygen atoms in total. The number of nitrogens with zero attached hydrogens (tertiary/aromatic N) is 1. The van der Waals surface area contributed by atoms with Crippen LogP contribution in [0.3, 0.4) is 0 Å². The summed E-state index contributed by atoms with van der Waals surface area (Å²) in [5.41, 5.74) is 2.71. The topological polar surface area (TPSA) is 49.4 Å².